The van der Waals surface area contributed by atoms with Crippen LogP contribution in [0.5, 0.6) is 5.75 Å². The van der Waals surface area contributed by atoms with Crippen LogP contribution >= 0.6 is 0 Å². The van der Waals surface area contributed by atoms with Gasteiger partial charge < -0.3 is 14.0 Å². The molecule has 1 heterocycles. The van der Waals surface area contributed by atoms with Crippen molar-refractivity contribution in [1.29, 1.82) is 0 Å². The molecule has 3 aromatic rings. The van der Waals surface area contributed by atoms with Gasteiger partial charge >= 0.3 is 0 Å². The van der Waals surface area contributed by atoms with Gasteiger partial charge in [-0.05, 0) is 25.0 Å². The Kier molecular flexibility index (Phi) is 5.48. The molecule has 134 valence electrons. The highest BCUT2D eigenvalue weighted by atomic mass is 16.9. The minimum Gasteiger partial charge on any atom is -0.493 e. The van der Waals surface area contributed by atoms with E-state index in [4.69, 9.17) is 9.15 Å². The molecule has 0 N–H and O–H groups in total. The second-order valence-corrected chi connectivity index (χ2v) is 5.61. The molecule has 3 rings (SSSR count). The second kappa shape index (κ2) is 8.15. The van der Waals surface area contributed by atoms with Gasteiger partial charge in [0.15, 0.2) is 5.43 Å². The van der Waals surface area contributed by atoms with Crippen LogP contribution in [0.1, 0.15) is 12.8 Å². The largest absolute Gasteiger partial charge is 0.493 e. The van der Waals surface area contributed by atoms with Gasteiger partial charge in [-0.1, -0.05) is 30.3 Å². The van der Waals surface area contributed by atoms with E-state index in [1.165, 1.54) is 6.07 Å². The summed E-state index contributed by atoms with van der Waals surface area (Å²) >= 11 is 0. The summed E-state index contributed by atoms with van der Waals surface area (Å²) in [7, 11) is 0. The van der Waals surface area contributed by atoms with Crippen LogP contribution in [0.2, 0.25) is 0 Å². The molecule has 26 heavy (non-hydrogen) atoms. The lowest BCUT2D eigenvalue weighted by Crippen LogP contribution is -2.05. The minimum absolute atomic E-state index is 0.0450. The first kappa shape index (κ1) is 17.5. The summed E-state index contributed by atoms with van der Waals surface area (Å²) in [6.07, 6.45) is 1.13. The zero-order chi connectivity index (χ0) is 18.4. The Morgan fingerprint density at radius 3 is 2.54 bits per heavy atom. The molecule has 0 saturated heterocycles. The van der Waals surface area contributed by atoms with Crippen LogP contribution in [-0.4, -0.2) is 18.3 Å². The highest BCUT2D eigenvalue weighted by Crippen LogP contribution is 2.24. The van der Waals surface area contributed by atoms with Gasteiger partial charge in [-0.15, -0.1) is 10.1 Å². The quantitative estimate of drug-likeness (QED) is 0.346. The van der Waals surface area contributed by atoms with Gasteiger partial charge in [-0.25, -0.2) is 0 Å². The standard InChI is InChI=1S/C19H17NO6/c21-17-13-18(14-6-2-1-3-7-14)26-19-12-15(8-9-16(17)19)24-10-4-5-11-25-20(22)23/h1-3,6-9,12-13H,4-5,10-11H2. The van der Waals surface area contributed by atoms with Crippen molar-refractivity contribution in [3.63, 3.8) is 0 Å². The zero-order valence-corrected chi connectivity index (χ0v) is 13.9. The molecule has 7 nitrogen and oxygen atoms in total. The molecule has 0 atom stereocenters. The normalized spacial score (nSPS) is 10.6. The summed E-state index contributed by atoms with van der Waals surface area (Å²) in [6.45, 7) is 0.429. The molecule has 0 aliphatic carbocycles. The van der Waals surface area contributed by atoms with Crippen molar-refractivity contribution in [2.24, 2.45) is 0 Å². The van der Waals surface area contributed by atoms with Crippen molar-refractivity contribution in [3.05, 3.63) is 74.9 Å². The van der Waals surface area contributed by atoms with Crippen molar-refractivity contribution in [2.75, 3.05) is 13.2 Å². The van der Waals surface area contributed by atoms with Gasteiger partial charge in [0, 0.05) is 17.7 Å². The maximum atomic E-state index is 12.3. The summed E-state index contributed by atoms with van der Waals surface area (Å²) in [4.78, 5) is 26.6. The van der Waals surface area contributed by atoms with E-state index in [2.05, 4.69) is 4.84 Å². The third kappa shape index (κ3) is 4.38. The lowest BCUT2D eigenvalue weighted by molar-refractivity contribution is -0.757. The number of rotatable bonds is 8. The van der Waals surface area contributed by atoms with Crippen LogP contribution < -0.4 is 10.2 Å². The Hall–Kier alpha value is -3.35. The van der Waals surface area contributed by atoms with E-state index < -0.39 is 5.09 Å². The minimum atomic E-state index is -0.809. The Bertz CT molecular complexity index is 951. The van der Waals surface area contributed by atoms with Crippen LogP contribution in [0.15, 0.2) is 63.8 Å². The summed E-state index contributed by atoms with van der Waals surface area (Å²) in [5.74, 6) is 1.07. The lowest BCUT2D eigenvalue weighted by Gasteiger charge is -2.08. The van der Waals surface area contributed by atoms with Gasteiger partial charge in [0.2, 0.25) is 0 Å². The predicted molar refractivity (Wildman–Crippen MR) is 95.6 cm³/mol. The molecule has 2 aromatic carbocycles. The van der Waals surface area contributed by atoms with Gasteiger partial charge in [0.05, 0.1) is 18.6 Å². The van der Waals surface area contributed by atoms with E-state index in [1.54, 1.807) is 18.2 Å². The molecule has 1 aromatic heterocycles. The molecule has 0 fully saturated rings. The Morgan fingerprint density at radius 1 is 1.00 bits per heavy atom. The first-order chi connectivity index (χ1) is 12.6. The summed E-state index contributed by atoms with van der Waals surface area (Å²) in [6, 6.07) is 15.9. The molecule has 0 spiro atoms. The van der Waals surface area contributed by atoms with Gasteiger partial charge in [-0.3, -0.25) is 4.79 Å². The fraction of sp³-hybridized carbons (Fsp3) is 0.211. The molecule has 0 aliphatic rings. The zero-order valence-electron chi connectivity index (χ0n) is 13.9. The number of hydrogen-bond donors (Lipinski definition) is 0. The van der Waals surface area contributed by atoms with Crippen molar-refractivity contribution in [2.45, 2.75) is 12.8 Å². The highest BCUT2D eigenvalue weighted by Gasteiger charge is 2.08. The number of unbranched alkanes of at least 4 members (excludes halogenated alkanes) is 1. The summed E-state index contributed by atoms with van der Waals surface area (Å²) in [5.41, 5.74) is 1.16. The molecule has 0 bridgehead atoms. The van der Waals surface area contributed by atoms with E-state index >= 15 is 0 Å². The smallest absolute Gasteiger partial charge is 0.294 e. The third-order valence-electron chi connectivity index (χ3n) is 3.76. The van der Waals surface area contributed by atoms with E-state index in [0.29, 0.717) is 41.9 Å². The van der Waals surface area contributed by atoms with Crippen molar-refractivity contribution in [3.8, 4) is 17.1 Å². The SMILES string of the molecule is O=c1cc(-c2ccccc2)oc2cc(OCCCCO[N+](=O)[O-])ccc12. The van der Waals surface area contributed by atoms with Gasteiger partial charge in [0.1, 0.15) is 17.1 Å². The molecule has 0 radical (unpaired) electrons. The first-order valence-corrected chi connectivity index (χ1v) is 8.17. The van der Waals surface area contributed by atoms with Crippen molar-refractivity contribution in [1.82, 2.24) is 0 Å². The van der Waals surface area contributed by atoms with Crippen LogP contribution in [0.4, 0.5) is 0 Å². The van der Waals surface area contributed by atoms with E-state index in [-0.39, 0.29) is 12.0 Å². The van der Waals surface area contributed by atoms with E-state index in [1.807, 2.05) is 30.3 Å². The van der Waals surface area contributed by atoms with Crippen molar-refractivity contribution >= 4 is 11.0 Å². The third-order valence-corrected chi connectivity index (χ3v) is 3.76. The lowest BCUT2D eigenvalue weighted by atomic mass is 10.1. The van der Waals surface area contributed by atoms with E-state index in [9.17, 15) is 14.9 Å². The molecule has 0 amide bonds. The highest BCUT2D eigenvalue weighted by molar-refractivity contribution is 5.80. The van der Waals surface area contributed by atoms with E-state index in [0.717, 1.165) is 5.56 Å². The van der Waals surface area contributed by atoms with Gasteiger partial charge in [0.25, 0.3) is 5.09 Å². The van der Waals surface area contributed by atoms with Crippen molar-refractivity contribution < 1.29 is 19.1 Å². The average Bonchev–Trinajstić information content (AvgIpc) is 2.64. The topological polar surface area (TPSA) is 91.8 Å². The Morgan fingerprint density at radius 2 is 1.77 bits per heavy atom. The number of fused-ring (bicyclic) bond motifs is 1. The fourth-order valence-electron chi connectivity index (χ4n) is 2.50. The molecular weight excluding hydrogens is 338 g/mol. The summed E-state index contributed by atoms with van der Waals surface area (Å²) < 4.78 is 11.5. The predicted octanol–water partition coefficient (Wildman–Crippen LogP) is 3.83. The maximum Gasteiger partial charge on any atom is 0.294 e. The number of ether oxygens (including phenoxy) is 1. The average molecular weight is 355 g/mol. The van der Waals surface area contributed by atoms with Gasteiger partial charge in [-0.2, -0.15) is 0 Å². The monoisotopic (exact) mass is 355 g/mol. The number of nitrogens with zero attached hydrogens (tertiary/aromatic N) is 1. The fourth-order valence-corrected chi connectivity index (χ4v) is 2.50. The summed E-state index contributed by atoms with van der Waals surface area (Å²) in [5, 5.41) is 9.73. The molecule has 0 saturated carbocycles. The molecule has 0 aliphatic heterocycles. The van der Waals surface area contributed by atoms with Crippen LogP contribution in [0.3, 0.4) is 0 Å². The molecule has 7 heteroatoms. The first-order valence-electron chi connectivity index (χ1n) is 8.17. The maximum absolute atomic E-state index is 12.3. The molecule has 0 unspecified atom stereocenters. The van der Waals surface area contributed by atoms with Crippen LogP contribution in [0, 0.1) is 10.1 Å². The Labute approximate surface area is 148 Å². The number of benzene rings is 2. The molecular formula is C19H17NO6. The van der Waals surface area contributed by atoms with Crippen LogP contribution in [-0.2, 0) is 4.84 Å². The van der Waals surface area contributed by atoms with Crippen LogP contribution in [0.25, 0.3) is 22.3 Å². The Balaban J connectivity index is 1.71. The second-order valence-electron chi connectivity index (χ2n) is 5.61. The number of hydrogen-bond acceptors (Lipinski definition) is 6.